The molecule has 0 aliphatic carbocycles. The van der Waals surface area contributed by atoms with Crippen LogP contribution in [0.1, 0.15) is 27.5 Å². The lowest BCUT2D eigenvalue weighted by Gasteiger charge is -2.43. The van der Waals surface area contributed by atoms with Gasteiger partial charge < -0.3 is 14.9 Å². The second-order valence-electron chi connectivity index (χ2n) is 7.63. The minimum Gasteiger partial charge on any atom is -0.507 e. The summed E-state index contributed by atoms with van der Waals surface area (Å²) in [6, 6.07) is 18.0. The van der Waals surface area contributed by atoms with Crippen LogP contribution in [0.3, 0.4) is 0 Å². The molecule has 0 saturated carbocycles. The van der Waals surface area contributed by atoms with Gasteiger partial charge in [-0.15, -0.1) is 0 Å². The Hall–Kier alpha value is -2.40. The van der Waals surface area contributed by atoms with Crippen LogP contribution in [-0.4, -0.2) is 35.5 Å². The van der Waals surface area contributed by atoms with Crippen LogP contribution in [0.2, 0.25) is 15.1 Å². The average molecular weight is 476 g/mol. The minimum atomic E-state index is -0.196. The van der Waals surface area contributed by atoms with Crippen LogP contribution in [0.25, 0.3) is 0 Å². The van der Waals surface area contributed by atoms with E-state index in [0.29, 0.717) is 40.3 Å². The summed E-state index contributed by atoms with van der Waals surface area (Å²) in [4.78, 5) is 17.1. The van der Waals surface area contributed by atoms with E-state index in [1.165, 1.54) is 0 Å². The highest BCUT2D eigenvalue weighted by Crippen LogP contribution is 2.37. The first kappa shape index (κ1) is 21.8. The first-order valence-corrected chi connectivity index (χ1v) is 11.0. The van der Waals surface area contributed by atoms with Crippen molar-refractivity contribution < 1.29 is 9.90 Å². The fourth-order valence-corrected chi connectivity index (χ4v) is 4.58. The normalized spacial score (nSPS) is 16.5. The fraction of sp³-hybridized carbons (Fsp3) is 0.208. The Labute approximate surface area is 196 Å². The van der Waals surface area contributed by atoms with E-state index in [0.717, 1.165) is 16.8 Å². The molecule has 0 unspecified atom stereocenters. The number of phenols is 1. The summed E-state index contributed by atoms with van der Waals surface area (Å²) in [5.41, 5.74) is 3.08. The Bertz CT molecular complexity index is 1120. The van der Waals surface area contributed by atoms with E-state index in [1.807, 2.05) is 49.4 Å². The molecule has 4 nitrogen and oxygen atoms in total. The predicted octanol–water partition coefficient (Wildman–Crippen LogP) is 6.36. The monoisotopic (exact) mass is 474 g/mol. The fourth-order valence-electron chi connectivity index (χ4n) is 3.93. The Balaban J connectivity index is 1.68. The lowest BCUT2D eigenvalue weighted by atomic mass is 10.00. The van der Waals surface area contributed by atoms with Gasteiger partial charge in [0, 0.05) is 29.7 Å². The number of halogens is 3. The summed E-state index contributed by atoms with van der Waals surface area (Å²) in [5.74, 6) is -0.200. The second-order valence-corrected chi connectivity index (χ2v) is 8.91. The number of phenolic OH excluding ortho intramolecular Hbond substituents is 1. The predicted molar refractivity (Wildman–Crippen MR) is 127 cm³/mol. The van der Waals surface area contributed by atoms with Crippen LogP contribution in [0.5, 0.6) is 5.75 Å². The summed E-state index contributed by atoms with van der Waals surface area (Å²) in [6.45, 7) is 3.38. The Kier molecular flexibility index (Phi) is 6.33. The zero-order valence-electron chi connectivity index (χ0n) is 16.9. The molecule has 1 N–H and O–H groups in total. The van der Waals surface area contributed by atoms with Gasteiger partial charge in [0.25, 0.3) is 5.91 Å². The topological polar surface area (TPSA) is 43.8 Å². The van der Waals surface area contributed by atoms with Crippen molar-refractivity contribution in [3.63, 3.8) is 0 Å². The molecular weight excluding hydrogens is 455 g/mol. The van der Waals surface area contributed by atoms with Gasteiger partial charge in [-0.25, -0.2) is 0 Å². The minimum absolute atomic E-state index is 0.00350. The van der Waals surface area contributed by atoms with Gasteiger partial charge in [0.2, 0.25) is 0 Å². The van der Waals surface area contributed by atoms with E-state index in [4.69, 9.17) is 34.8 Å². The first-order chi connectivity index (χ1) is 14.8. The molecule has 1 aliphatic heterocycles. The van der Waals surface area contributed by atoms with Gasteiger partial charge in [0.15, 0.2) is 0 Å². The molecule has 1 aliphatic rings. The highest BCUT2D eigenvalue weighted by molar-refractivity contribution is 6.36. The Morgan fingerprint density at radius 2 is 1.65 bits per heavy atom. The SMILES string of the molecule is Cc1ccc(C(=O)N2CCN(c3ccc(Cl)cc3Cl)[C@H](c3ccc(Cl)cc3)C2)c(O)c1. The molecule has 3 aromatic carbocycles. The summed E-state index contributed by atoms with van der Waals surface area (Å²) in [5, 5.41) is 12.1. The molecule has 1 fully saturated rings. The molecule has 4 rings (SSSR count). The van der Waals surface area contributed by atoms with E-state index in [-0.39, 0.29) is 17.7 Å². The van der Waals surface area contributed by atoms with E-state index in [1.54, 1.807) is 23.1 Å². The van der Waals surface area contributed by atoms with Crippen molar-refractivity contribution in [2.45, 2.75) is 13.0 Å². The van der Waals surface area contributed by atoms with Gasteiger partial charge in [-0.1, -0.05) is 53.0 Å². The van der Waals surface area contributed by atoms with Crippen molar-refractivity contribution in [2.75, 3.05) is 24.5 Å². The lowest BCUT2D eigenvalue weighted by molar-refractivity contribution is 0.0719. The number of carbonyl (C=O) groups is 1. The number of hydrogen-bond donors (Lipinski definition) is 1. The van der Waals surface area contributed by atoms with Crippen molar-refractivity contribution in [3.05, 3.63) is 92.4 Å². The highest BCUT2D eigenvalue weighted by atomic mass is 35.5. The number of anilines is 1. The summed E-state index contributed by atoms with van der Waals surface area (Å²) < 4.78 is 0. The number of nitrogens with zero attached hydrogens (tertiary/aromatic N) is 2. The number of piperazine rings is 1. The number of aryl methyl sites for hydroxylation is 1. The van der Waals surface area contributed by atoms with Gasteiger partial charge in [-0.2, -0.15) is 0 Å². The molecule has 160 valence electrons. The molecule has 0 bridgehead atoms. The number of benzene rings is 3. The second kappa shape index (κ2) is 8.99. The van der Waals surface area contributed by atoms with Crippen LogP contribution in [0.4, 0.5) is 5.69 Å². The Morgan fingerprint density at radius 1 is 0.935 bits per heavy atom. The third-order valence-electron chi connectivity index (χ3n) is 5.53. The van der Waals surface area contributed by atoms with Crippen LogP contribution >= 0.6 is 34.8 Å². The molecule has 1 saturated heterocycles. The van der Waals surface area contributed by atoms with Crippen molar-refractivity contribution in [1.29, 1.82) is 0 Å². The molecule has 31 heavy (non-hydrogen) atoms. The van der Waals surface area contributed by atoms with Crippen LogP contribution < -0.4 is 4.90 Å². The zero-order chi connectivity index (χ0) is 22.1. The molecule has 0 spiro atoms. The van der Waals surface area contributed by atoms with E-state index < -0.39 is 0 Å². The van der Waals surface area contributed by atoms with Crippen LogP contribution in [-0.2, 0) is 0 Å². The molecule has 1 heterocycles. The van der Waals surface area contributed by atoms with Gasteiger partial charge >= 0.3 is 0 Å². The van der Waals surface area contributed by atoms with Gasteiger partial charge in [-0.05, 0) is 60.5 Å². The highest BCUT2D eigenvalue weighted by Gasteiger charge is 2.33. The molecule has 3 aromatic rings. The maximum absolute atomic E-state index is 13.2. The van der Waals surface area contributed by atoms with Crippen molar-refractivity contribution in [2.24, 2.45) is 0 Å². The molecule has 7 heteroatoms. The first-order valence-electron chi connectivity index (χ1n) is 9.89. The Morgan fingerprint density at radius 3 is 2.32 bits per heavy atom. The van der Waals surface area contributed by atoms with Crippen molar-refractivity contribution in [3.8, 4) is 5.75 Å². The summed E-state index contributed by atoms with van der Waals surface area (Å²) >= 11 is 18.7. The largest absolute Gasteiger partial charge is 0.507 e. The summed E-state index contributed by atoms with van der Waals surface area (Å²) in [7, 11) is 0. The number of amides is 1. The number of carbonyl (C=O) groups excluding carboxylic acids is 1. The average Bonchev–Trinajstić information content (AvgIpc) is 2.74. The van der Waals surface area contributed by atoms with E-state index in [2.05, 4.69) is 4.90 Å². The van der Waals surface area contributed by atoms with E-state index in [9.17, 15) is 9.90 Å². The number of aromatic hydroxyl groups is 1. The molecule has 0 aromatic heterocycles. The standard InChI is InChI=1S/C24H21Cl3N2O2/c1-15-2-8-19(23(30)12-15)24(31)28-10-11-29(21-9-7-18(26)13-20(21)27)22(14-28)16-3-5-17(25)6-4-16/h2-9,12-13,22,30H,10-11,14H2,1H3/t22-/m0/s1. The number of hydrogen-bond acceptors (Lipinski definition) is 3. The van der Waals surface area contributed by atoms with Gasteiger partial charge in [0.05, 0.1) is 22.3 Å². The van der Waals surface area contributed by atoms with Crippen molar-refractivity contribution in [1.82, 2.24) is 4.90 Å². The lowest BCUT2D eigenvalue weighted by Crippen LogP contribution is -2.50. The van der Waals surface area contributed by atoms with E-state index >= 15 is 0 Å². The quantitative estimate of drug-likeness (QED) is 0.479. The summed E-state index contributed by atoms with van der Waals surface area (Å²) in [6.07, 6.45) is 0. The molecule has 0 radical (unpaired) electrons. The van der Waals surface area contributed by atoms with Crippen LogP contribution in [0.15, 0.2) is 60.7 Å². The smallest absolute Gasteiger partial charge is 0.257 e. The molecule has 1 atom stereocenters. The number of rotatable bonds is 3. The third kappa shape index (κ3) is 4.62. The molecule has 1 amide bonds. The zero-order valence-corrected chi connectivity index (χ0v) is 19.1. The van der Waals surface area contributed by atoms with Crippen molar-refractivity contribution >= 4 is 46.4 Å². The maximum Gasteiger partial charge on any atom is 0.257 e. The van der Waals surface area contributed by atoms with Gasteiger partial charge in [-0.3, -0.25) is 4.79 Å². The molecular formula is C24H21Cl3N2O2. The third-order valence-corrected chi connectivity index (χ3v) is 6.31. The maximum atomic E-state index is 13.2. The van der Waals surface area contributed by atoms with Gasteiger partial charge in [0.1, 0.15) is 5.75 Å². The van der Waals surface area contributed by atoms with Crippen LogP contribution in [0, 0.1) is 6.92 Å².